The number of benzene rings is 3. The number of ether oxygens (including phenoxy) is 6. The van der Waals surface area contributed by atoms with Gasteiger partial charge in [-0.2, -0.15) is 0 Å². The maximum atomic E-state index is 15.5. The molecular formula is C51H66N4O9. The van der Waals surface area contributed by atoms with E-state index in [-0.39, 0.29) is 47.8 Å². The summed E-state index contributed by atoms with van der Waals surface area (Å²) in [5, 5.41) is 10.0. The number of aromatic nitrogens is 2. The minimum absolute atomic E-state index is 0.0193. The molecule has 1 fully saturated rings. The number of para-hydroxylation sites is 1. The maximum absolute atomic E-state index is 15.5. The fourth-order valence-electron chi connectivity index (χ4n) is 11.3. The molecule has 1 N–H and O–H groups in total. The highest BCUT2D eigenvalue weighted by atomic mass is 16.7. The number of hydrogen-bond donors (Lipinski definition) is 1. The molecule has 3 aromatic carbocycles. The first-order valence-electron chi connectivity index (χ1n) is 23.1. The van der Waals surface area contributed by atoms with Crippen molar-refractivity contribution in [2.24, 2.45) is 24.8 Å². The Labute approximate surface area is 377 Å². The van der Waals surface area contributed by atoms with Crippen molar-refractivity contribution in [1.82, 2.24) is 19.2 Å². The van der Waals surface area contributed by atoms with E-state index in [4.69, 9.17) is 28.4 Å². The molecule has 1 saturated heterocycles. The van der Waals surface area contributed by atoms with Crippen molar-refractivity contribution in [2.45, 2.75) is 90.0 Å². The molecule has 0 radical (unpaired) electrons. The van der Waals surface area contributed by atoms with Crippen LogP contribution in [-0.2, 0) is 34.2 Å². The molecule has 0 saturated carbocycles. The minimum Gasteiger partial charge on any atom is -0.493 e. The summed E-state index contributed by atoms with van der Waals surface area (Å²) < 4.78 is 39.8. The molecule has 0 bridgehead atoms. The number of methoxy groups -OCH3 is 4. The Morgan fingerprint density at radius 1 is 0.859 bits per heavy atom. The van der Waals surface area contributed by atoms with Gasteiger partial charge in [0, 0.05) is 69.0 Å². The predicted molar refractivity (Wildman–Crippen MR) is 245 cm³/mol. The summed E-state index contributed by atoms with van der Waals surface area (Å²) >= 11 is 0. The Morgan fingerprint density at radius 3 is 2.14 bits per heavy atom. The second-order valence-electron chi connectivity index (χ2n) is 17.7. The van der Waals surface area contributed by atoms with Crippen molar-refractivity contribution in [2.75, 3.05) is 61.3 Å². The number of rotatable bonds is 15. The van der Waals surface area contributed by atoms with Crippen LogP contribution < -0.4 is 24.5 Å². The molecule has 7 atom stereocenters. The van der Waals surface area contributed by atoms with E-state index in [1.807, 2.05) is 66.9 Å². The van der Waals surface area contributed by atoms with Gasteiger partial charge in [0.2, 0.25) is 6.29 Å². The quantitative estimate of drug-likeness (QED) is 0.129. The van der Waals surface area contributed by atoms with Crippen molar-refractivity contribution >= 4 is 5.91 Å². The molecule has 344 valence electrons. The fraction of sp³-hybridized carbons (Fsp3) is 0.529. The van der Waals surface area contributed by atoms with Crippen LogP contribution in [0.25, 0.3) is 5.69 Å². The van der Waals surface area contributed by atoms with Crippen molar-refractivity contribution in [3.05, 3.63) is 110 Å². The summed E-state index contributed by atoms with van der Waals surface area (Å²) in [6, 6.07) is 17.9. The molecule has 0 unspecified atom stereocenters. The molecule has 4 aliphatic heterocycles. The number of aliphatic hydroxyl groups is 1. The van der Waals surface area contributed by atoms with E-state index in [9.17, 15) is 9.90 Å². The van der Waals surface area contributed by atoms with Gasteiger partial charge in [0.1, 0.15) is 0 Å². The molecule has 5 heterocycles. The Balaban J connectivity index is 1.21. The van der Waals surface area contributed by atoms with E-state index >= 15 is 4.79 Å². The number of hydrogen-bond acceptors (Lipinski definition) is 10. The lowest BCUT2D eigenvalue weighted by Crippen LogP contribution is -2.48. The molecule has 64 heavy (non-hydrogen) atoms. The van der Waals surface area contributed by atoms with Crippen LogP contribution in [0.3, 0.4) is 0 Å². The normalized spacial score (nSPS) is 24.2. The van der Waals surface area contributed by atoms with Crippen LogP contribution in [0, 0.1) is 24.7 Å². The number of carbonyl (C=O) groups is 1. The average molecular weight is 879 g/mol. The zero-order chi connectivity index (χ0) is 45.2. The molecule has 13 heteroatoms. The summed E-state index contributed by atoms with van der Waals surface area (Å²) in [5.74, 6) is 2.56. The van der Waals surface area contributed by atoms with Gasteiger partial charge < -0.3 is 38.4 Å². The van der Waals surface area contributed by atoms with Crippen LogP contribution in [0.2, 0.25) is 0 Å². The molecular weight excluding hydrogens is 813 g/mol. The lowest BCUT2D eigenvalue weighted by molar-refractivity contribution is -0.171. The molecule has 8 rings (SSSR count). The summed E-state index contributed by atoms with van der Waals surface area (Å²) in [6.45, 7) is 8.89. The number of piperidine rings is 1. The molecule has 4 aliphatic rings. The number of amides is 1. The van der Waals surface area contributed by atoms with Gasteiger partial charge in [0.05, 0.1) is 40.2 Å². The molecule has 1 amide bonds. The summed E-state index contributed by atoms with van der Waals surface area (Å²) in [4.78, 5) is 34.8. The monoisotopic (exact) mass is 878 g/mol. The number of carbonyl (C=O) groups excluding carboxylic acids is 1. The molecule has 1 aromatic heterocycles. The smallest absolute Gasteiger partial charge is 0.289 e. The second kappa shape index (κ2) is 19.5. The first-order valence-corrected chi connectivity index (χ1v) is 23.1. The van der Waals surface area contributed by atoms with E-state index in [0.29, 0.717) is 55.4 Å². The van der Waals surface area contributed by atoms with Gasteiger partial charge in [-0.25, -0.2) is 4.68 Å². The van der Waals surface area contributed by atoms with Gasteiger partial charge in [0.15, 0.2) is 28.8 Å². The molecule has 0 spiro atoms. The van der Waals surface area contributed by atoms with Gasteiger partial charge in [-0.1, -0.05) is 31.5 Å². The highest BCUT2D eigenvalue weighted by Crippen LogP contribution is 2.50. The van der Waals surface area contributed by atoms with Crippen molar-refractivity contribution in [1.29, 1.82) is 0 Å². The largest absolute Gasteiger partial charge is 0.493 e. The highest BCUT2D eigenvalue weighted by Gasteiger charge is 2.46. The highest BCUT2D eigenvalue weighted by molar-refractivity contribution is 5.92. The van der Waals surface area contributed by atoms with Crippen LogP contribution in [0.4, 0.5) is 0 Å². The van der Waals surface area contributed by atoms with Crippen LogP contribution in [-0.4, -0.2) is 97.8 Å². The van der Waals surface area contributed by atoms with Gasteiger partial charge in [0.25, 0.3) is 11.5 Å². The number of aliphatic hydroxyl groups excluding tert-OH is 1. The topological polar surface area (TPSA) is 126 Å². The number of allylic oxidation sites excluding steroid dienone is 1. The van der Waals surface area contributed by atoms with Crippen LogP contribution >= 0.6 is 0 Å². The van der Waals surface area contributed by atoms with Gasteiger partial charge >= 0.3 is 0 Å². The van der Waals surface area contributed by atoms with E-state index < -0.39 is 12.2 Å². The Hall–Kier alpha value is -5.24. The maximum Gasteiger partial charge on any atom is 0.289 e. The lowest BCUT2D eigenvalue weighted by Gasteiger charge is -2.49. The SMILES string of the molecule is CCO[C@@H]1OC(C(=O)N2CCc3cc(OC)c(OC)cc3[C@H]2C[C@H]2C[C@H]3c4cc(OC)c(OC)cc4CCN3C[C@@H]2CC)=C[C@H](c2c(C)n(C)n(-c3ccccc3)c2=O)[C@H]1CCCO. The van der Waals surface area contributed by atoms with Gasteiger partial charge in [-0.05, 0) is 129 Å². The summed E-state index contributed by atoms with van der Waals surface area (Å²) in [5.41, 5.74) is 6.73. The third kappa shape index (κ3) is 8.31. The van der Waals surface area contributed by atoms with Gasteiger partial charge in [-0.15, -0.1) is 0 Å². The standard InChI is InChI=1S/C51H66N4O9/c1-9-32-30-53-20-18-33-25-43(59-5)45(61-7)27-38(33)41(53)23-35(32)24-42-39-28-46(62-8)44(60-6)26-34(39)19-21-54(42)49(57)47-29-40(37(17-14-22-56)51(64-47)63-10-2)48-31(3)52(4)55(50(48)58)36-15-12-11-13-16-36/h11-13,15-16,25-29,32,35,37,40-42,51,56H,9-10,14,17-24,30H2,1-8H3/t32-,35+,37+,40-,41-,42+,51+/m0/s1. The van der Waals surface area contributed by atoms with Crippen molar-refractivity contribution < 1.29 is 38.3 Å². The Kier molecular flexibility index (Phi) is 13.8. The molecule has 4 aromatic rings. The third-order valence-electron chi connectivity index (χ3n) is 14.6. The third-order valence-corrected chi connectivity index (χ3v) is 14.6. The number of nitrogens with zero attached hydrogens (tertiary/aromatic N) is 4. The zero-order valence-corrected chi connectivity index (χ0v) is 38.8. The van der Waals surface area contributed by atoms with E-state index in [1.54, 1.807) is 33.1 Å². The van der Waals surface area contributed by atoms with Crippen molar-refractivity contribution in [3.63, 3.8) is 0 Å². The van der Waals surface area contributed by atoms with E-state index in [0.717, 1.165) is 72.8 Å². The fourth-order valence-corrected chi connectivity index (χ4v) is 11.3. The second-order valence-corrected chi connectivity index (χ2v) is 17.7. The van der Waals surface area contributed by atoms with E-state index in [2.05, 4.69) is 36.1 Å². The predicted octanol–water partition coefficient (Wildman–Crippen LogP) is 7.43. The first-order chi connectivity index (χ1) is 31.1. The van der Waals surface area contributed by atoms with Crippen LogP contribution in [0.15, 0.2) is 71.2 Å². The van der Waals surface area contributed by atoms with E-state index in [1.165, 1.54) is 11.1 Å². The number of fused-ring (bicyclic) bond motifs is 4. The van der Waals surface area contributed by atoms with Crippen LogP contribution in [0.5, 0.6) is 23.0 Å². The van der Waals surface area contributed by atoms with Crippen LogP contribution in [0.1, 0.15) is 97.5 Å². The lowest BCUT2D eigenvalue weighted by atomic mass is 9.72. The summed E-state index contributed by atoms with van der Waals surface area (Å²) in [6.07, 6.45) is 6.34. The first kappa shape index (κ1) is 45.3. The summed E-state index contributed by atoms with van der Waals surface area (Å²) in [7, 11) is 8.57. The minimum atomic E-state index is -0.814. The van der Waals surface area contributed by atoms with Crippen molar-refractivity contribution in [3.8, 4) is 28.7 Å². The average Bonchev–Trinajstić information content (AvgIpc) is 3.55. The Morgan fingerprint density at radius 2 is 1.50 bits per heavy atom. The molecule has 0 aliphatic carbocycles. The molecule has 13 nitrogen and oxygen atoms in total. The van der Waals surface area contributed by atoms with Gasteiger partial charge in [-0.3, -0.25) is 19.2 Å². The Bertz CT molecular complexity index is 2390. The zero-order valence-electron chi connectivity index (χ0n) is 38.8.